The molecule has 0 bridgehead atoms. The van der Waals surface area contributed by atoms with Gasteiger partial charge in [-0.05, 0) is 48.9 Å². The monoisotopic (exact) mass is 370 g/mol. The van der Waals surface area contributed by atoms with Gasteiger partial charge in [0.1, 0.15) is 11.6 Å². The summed E-state index contributed by atoms with van der Waals surface area (Å²) in [5.41, 5.74) is 1.19. The molecule has 0 unspecified atom stereocenters. The Labute approximate surface area is 156 Å². The maximum absolute atomic E-state index is 13.8. The second kappa shape index (κ2) is 8.88. The standard InChI is InChI=1S/C19H20F2N6/c1-2-22-19(25-13-15-11-16(20)4-5-17(15)21)24-12-14-6-8-23-18(10-14)27-9-3-7-26-27/h3-11H,2,12-13H2,1H3,(H2,22,24,25). The van der Waals surface area contributed by atoms with Crippen LogP contribution in [0.25, 0.3) is 5.82 Å². The van der Waals surface area contributed by atoms with Gasteiger partial charge in [-0.3, -0.25) is 0 Å². The first-order valence-corrected chi connectivity index (χ1v) is 8.56. The minimum Gasteiger partial charge on any atom is -0.357 e. The third kappa shape index (κ3) is 5.10. The SMILES string of the molecule is CCNC(=NCc1ccnc(-n2cccn2)c1)NCc1cc(F)ccc1F. The highest BCUT2D eigenvalue weighted by molar-refractivity contribution is 5.79. The van der Waals surface area contributed by atoms with Crippen LogP contribution in [0.15, 0.2) is 60.0 Å². The number of halogens is 2. The van der Waals surface area contributed by atoms with Crippen molar-refractivity contribution in [3.63, 3.8) is 0 Å². The van der Waals surface area contributed by atoms with Gasteiger partial charge in [0.25, 0.3) is 0 Å². The van der Waals surface area contributed by atoms with Gasteiger partial charge in [0.15, 0.2) is 11.8 Å². The Kier molecular flexibility index (Phi) is 6.09. The van der Waals surface area contributed by atoms with E-state index in [1.165, 1.54) is 6.07 Å². The van der Waals surface area contributed by atoms with Crippen molar-refractivity contribution in [2.24, 2.45) is 4.99 Å². The van der Waals surface area contributed by atoms with Crippen LogP contribution < -0.4 is 10.6 Å². The summed E-state index contributed by atoms with van der Waals surface area (Å²) < 4.78 is 28.7. The molecule has 6 nitrogen and oxygen atoms in total. The van der Waals surface area contributed by atoms with Gasteiger partial charge < -0.3 is 10.6 Å². The molecule has 140 valence electrons. The van der Waals surface area contributed by atoms with Crippen LogP contribution in [0.5, 0.6) is 0 Å². The van der Waals surface area contributed by atoms with Crippen molar-refractivity contribution in [3.8, 4) is 5.82 Å². The van der Waals surface area contributed by atoms with Crippen molar-refractivity contribution in [2.75, 3.05) is 6.54 Å². The Bertz CT molecular complexity index is 908. The molecule has 0 radical (unpaired) electrons. The summed E-state index contributed by atoms with van der Waals surface area (Å²) in [6.07, 6.45) is 5.20. The number of nitrogens with one attached hydrogen (secondary N) is 2. The number of guanidine groups is 1. The Morgan fingerprint density at radius 1 is 1.15 bits per heavy atom. The predicted octanol–water partition coefficient (Wildman–Crippen LogP) is 2.80. The lowest BCUT2D eigenvalue weighted by Gasteiger charge is -2.12. The van der Waals surface area contributed by atoms with Crippen molar-refractivity contribution in [1.29, 1.82) is 0 Å². The molecule has 2 N–H and O–H groups in total. The molecule has 2 aromatic heterocycles. The van der Waals surface area contributed by atoms with E-state index in [2.05, 4.69) is 25.7 Å². The van der Waals surface area contributed by atoms with E-state index in [4.69, 9.17) is 0 Å². The smallest absolute Gasteiger partial charge is 0.191 e. The Morgan fingerprint density at radius 2 is 2.04 bits per heavy atom. The molecule has 0 atom stereocenters. The van der Waals surface area contributed by atoms with Gasteiger partial charge in [0, 0.05) is 37.2 Å². The van der Waals surface area contributed by atoms with Crippen molar-refractivity contribution in [3.05, 3.63) is 77.8 Å². The first-order valence-electron chi connectivity index (χ1n) is 8.56. The second-order valence-corrected chi connectivity index (χ2v) is 5.76. The van der Waals surface area contributed by atoms with E-state index >= 15 is 0 Å². The number of aliphatic imine (C=N–C) groups is 1. The highest BCUT2D eigenvalue weighted by atomic mass is 19.1. The second-order valence-electron chi connectivity index (χ2n) is 5.76. The van der Waals surface area contributed by atoms with Crippen LogP contribution in [0.2, 0.25) is 0 Å². The molecule has 2 heterocycles. The summed E-state index contributed by atoms with van der Waals surface area (Å²) in [4.78, 5) is 8.78. The number of benzene rings is 1. The molecule has 8 heteroatoms. The minimum atomic E-state index is -0.474. The average Bonchev–Trinajstić information content (AvgIpc) is 3.21. The molecule has 27 heavy (non-hydrogen) atoms. The molecule has 3 rings (SSSR count). The van der Waals surface area contributed by atoms with Gasteiger partial charge in [-0.25, -0.2) is 23.4 Å². The zero-order valence-electron chi connectivity index (χ0n) is 14.9. The van der Waals surface area contributed by atoms with Crippen LogP contribution in [0.4, 0.5) is 8.78 Å². The van der Waals surface area contributed by atoms with E-state index in [0.717, 1.165) is 17.7 Å². The minimum absolute atomic E-state index is 0.129. The number of pyridine rings is 1. The molecule has 0 saturated carbocycles. The van der Waals surface area contributed by atoms with Gasteiger partial charge in [-0.1, -0.05) is 0 Å². The van der Waals surface area contributed by atoms with Crippen molar-refractivity contribution in [2.45, 2.75) is 20.0 Å². The van der Waals surface area contributed by atoms with Crippen molar-refractivity contribution >= 4 is 5.96 Å². The van der Waals surface area contributed by atoms with Crippen LogP contribution in [0.3, 0.4) is 0 Å². The highest BCUT2D eigenvalue weighted by Crippen LogP contribution is 2.10. The molecule has 0 saturated heterocycles. The molecular weight excluding hydrogens is 350 g/mol. The molecule has 1 aromatic carbocycles. The fourth-order valence-electron chi connectivity index (χ4n) is 2.46. The Morgan fingerprint density at radius 3 is 2.81 bits per heavy atom. The molecular formula is C19H20F2N6. The molecule has 0 aliphatic carbocycles. The molecule has 0 aliphatic heterocycles. The van der Waals surface area contributed by atoms with Gasteiger partial charge in [-0.15, -0.1) is 0 Å². The molecule has 0 fully saturated rings. The maximum Gasteiger partial charge on any atom is 0.191 e. The zero-order valence-corrected chi connectivity index (χ0v) is 14.9. The van der Waals surface area contributed by atoms with Crippen LogP contribution in [0.1, 0.15) is 18.1 Å². The van der Waals surface area contributed by atoms with E-state index in [-0.39, 0.29) is 12.1 Å². The summed E-state index contributed by atoms with van der Waals surface area (Å²) >= 11 is 0. The third-order valence-corrected chi connectivity index (χ3v) is 3.77. The lowest BCUT2D eigenvalue weighted by atomic mass is 10.2. The molecule has 0 amide bonds. The van der Waals surface area contributed by atoms with Crippen LogP contribution in [-0.2, 0) is 13.1 Å². The summed E-state index contributed by atoms with van der Waals surface area (Å²) in [5, 5.41) is 10.3. The largest absolute Gasteiger partial charge is 0.357 e. The third-order valence-electron chi connectivity index (χ3n) is 3.77. The predicted molar refractivity (Wildman–Crippen MR) is 99.4 cm³/mol. The topological polar surface area (TPSA) is 67.1 Å². The fraction of sp³-hybridized carbons (Fsp3) is 0.211. The maximum atomic E-state index is 13.8. The van der Waals surface area contributed by atoms with Gasteiger partial charge in [-0.2, -0.15) is 5.10 Å². The number of aromatic nitrogens is 3. The van der Waals surface area contributed by atoms with Crippen molar-refractivity contribution in [1.82, 2.24) is 25.4 Å². The number of hydrogen-bond acceptors (Lipinski definition) is 3. The van der Waals surface area contributed by atoms with E-state index in [9.17, 15) is 8.78 Å². The summed E-state index contributed by atoms with van der Waals surface area (Å²) in [7, 11) is 0. The van der Waals surface area contributed by atoms with E-state index in [0.29, 0.717) is 24.9 Å². The van der Waals surface area contributed by atoms with Gasteiger partial charge in [0.2, 0.25) is 0 Å². The van der Waals surface area contributed by atoms with Gasteiger partial charge in [0.05, 0.1) is 6.54 Å². The number of rotatable bonds is 6. The van der Waals surface area contributed by atoms with Gasteiger partial charge >= 0.3 is 0 Å². The average molecular weight is 370 g/mol. The first-order chi connectivity index (χ1) is 13.2. The summed E-state index contributed by atoms with van der Waals surface area (Å²) in [6.45, 7) is 3.11. The van der Waals surface area contributed by atoms with Crippen molar-refractivity contribution < 1.29 is 8.78 Å². The molecule has 0 aliphatic rings. The lowest BCUT2D eigenvalue weighted by Crippen LogP contribution is -2.37. The highest BCUT2D eigenvalue weighted by Gasteiger charge is 2.06. The fourth-order valence-corrected chi connectivity index (χ4v) is 2.46. The quantitative estimate of drug-likeness (QED) is 0.517. The molecule has 3 aromatic rings. The van der Waals surface area contributed by atoms with E-state index in [1.807, 2.05) is 31.3 Å². The van der Waals surface area contributed by atoms with Crippen LogP contribution in [-0.4, -0.2) is 27.3 Å². The lowest BCUT2D eigenvalue weighted by molar-refractivity contribution is 0.581. The van der Waals surface area contributed by atoms with Crippen LogP contribution >= 0.6 is 0 Å². The Balaban J connectivity index is 1.68. The number of nitrogens with zero attached hydrogens (tertiary/aromatic N) is 4. The van der Waals surface area contributed by atoms with E-state index in [1.54, 1.807) is 17.1 Å². The van der Waals surface area contributed by atoms with E-state index < -0.39 is 11.6 Å². The first kappa shape index (κ1) is 18.5. The zero-order chi connectivity index (χ0) is 19.1. The molecule has 0 spiro atoms. The normalized spacial score (nSPS) is 11.4. The summed E-state index contributed by atoms with van der Waals surface area (Å²) in [6, 6.07) is 8.97. The number of hydrogen-bond donors (Lipinski definition) is 2. The summed E-state index contributed by atoms with van der Waals surface area (Å²) in [5.74, 6) is 0.280. The Hall–Kier alpha value is -3.29. The van der Waals surface area contributed by atoms with Crippen LogP contribution in [0, 0.1) is 11.6 Å².